The Morgan fingerprint density at radius 3 is 2.74 bits per heavy atom. The van der Waals surface area contributed by atoms with Gasteiger partial charge in [-0.2, -0.15) is 5.10 Å². The molecular weight excluding hydrogens is 338 g/mol. The van der Waals surface area contributed by atoms with Gasteiger partial charge in [0, 0.05) is 42.9 Å². The maximum absolute atomic E-state index is 12.8. The van der Waals surface area contributed by atoms with Crippen molar-refractivity contribution in [1.82, 2.24) is 15.1 Å². The summed E-state index contributed by atoms with van der Waals surface area (Å²) in [6.45, 7) is 9.65. The Bertz CT molecular complexity index is 956. The number of likely N-dealkylation sites (N-methyl/N-ethyl adjacent to an activating group) is 1. The first-order chi connectivity index (χ1) is 13.2. The average Bonchev–Trinajstić information content (AvgIpc) is 3.18. The molecule has 0 atom stereocenters. The molecule has 0 saturated carbocycles. The highest BCUT2D eigenvalue weighted by molar-refractivity contribution is 6.12. The van der Waals surface area contributed by atoms with Gasteiger partial charge in [-0.3, -0.25) is 9.89 Å². The number of carbonyl (C=O) groups excluding carboxylic acids is 1. The number of anilines is 2. The van der Waals surface area contributed by atoms with Crippen molar-refractivity contribution in [2.45, 2.75) is 13.8 Å². The van der Waals surface area contributed by atoms with E-state index in [2.05, 4.69) is 44.4 Å². The first kappa shape index (κ1) is 17.5. The number of piperazine rings is 1. The zero-order valence-electron chi connectivity index (χ0n) is 15.8. The van der Waals surface area contributed by atoms with Crippen LogP contribution < -0.4 is 10.2 Å². The van der Waals surface area contributed by atoms with Crippen LogP contribution in [0.1, 0.15) is 22.8 Å². The van der Waals surface area contributed by atoms with Crippen molar-refractivity contribution in [1.29, 1.82) is 0 Å². The number of aromatic nitrogens is 2. The van der Waals surface area contributed by atoms with E-state index in [9.17, 15) is 4.79 Å². The fourth-order valence-electron chi connectivity index (χ4n) is 3.65. The molecule has 1 aromatic heterocycles. The monoisotopic (exact) mass is 363 g/mol. The Kier molecular flexibility index (Phi) is 4.81. The number of carbonyl (C=O) groups is 1. The van der Waals surface area contributed by atoms with E-state index in [1.807, 2.05) is 31.2 Å². The number of nitrogens with one attached hydrogen (secondary N) is 2. The molecule has 2 heterocycles. The van der Waals surface area contributed by atoms with Crippen LogP contribution >= 0.6 is 0 Å². The third-order valence-corrected chi connectivity index (χ3v) is 5.36. The van der Waals surface area contributed by atoms with Gasteiger partial charge in [0.25, 0.3) is 5.91 Å². The number of hydrogen-bond donors (Lipinski definition) is 2. The van der Waals surface area contributed by atoms with Crippen LogP contribution in [-0.4, -0.2) is 53.7 Å². The number of aromatic amines is 1. The largest absolute Gasteiger partial charge is 0.369 e. The summed E-state index contributed by atoms with van der Waals surface area (Å²) >= 11 is 0. The summed E-state index contributed by atoms with van der Waals surface area (Å²) < 4.78 is 0. The smallest absolute Gasteiger partial charge is 0.257 e. The summed E-state index contributed by atoms with van der Waals surface area (Å²) in [5, 5.41) is 10.9. The van der Waals surface area contributed by atoms with Crippen molar-refractivity contribution < 1.29 is 4.79 Å². The second-order valence-electron chi connectivity index (χ2n) is 7.01. The number of hydrogen-bond acceptors (Lipinski definition) is 4. The number of rotatable bonds is 4. The molecule has 1 aliphatic heterocycles. The molecule has 6 heteroatoms. The number of aryl methyl sites for hydroxylation is 1. The predicted molar refractivity (Wildman–Crippen MR) is 110 cm³/mol. The lowest BCUT2D eigenvalue weighted by molar-refractivity contribution is 0.102. The van der Waals surface area contributed by atoms with E-state index in [4.69, 9.17) is 0 Å². The van der Waals surface area contributed by atoms with Gasteiger partial charge in [0.1, 0.15) is 0 Å². The number of benzene rings is 2. The van der Waals surface area contributed by atoms with Gasteiger partial charge in [-0.05, 0) is 43.3 Å². The second kappa shape index (κ2) is 7.40. The lowest BCUT2D eigenvalue weighted by atomic mass is 10.1. The average molecular weight is 363 g/mol. The van der Waals surface area contributed by atoms with Crippen LogP contribution in [-0.2, 0) is 0 Å². The molecule has 140 valence electrons. The SMILES string of the molecule is CCN1CCN(c2ccc(NC(=O)c3cccc4cn[nH]c34)c(C)c2)CC1. The summed E-state index contributed by atoms with van der Waals surface area (Å²) in [7, 11) is 0. The third kappa shape index (κ3) is 3.53. The van der Waals surface area contributed by atoms with Gasteiger partial charge in [-0.25, -0.2) is 0 Å². The molecule has 1 amide bonds. The van der Waals surface area contributed by atoms with Gasteiger partial charge in [0.15, 0.2) is 0 Å². The highest BCUT2D eigenvalue weighted by Gasteiger charge is 2.17. The van der Waals surface area contributed by atoms with Crippen LogP contribution in [0.2, 0.25) is 0 Å². The van der Waals surface area contributed by atoms with E-state index >= 15 is 0 Å². The molecule has 2 N–H and O–H groups in total. The van der Waals surface area contributed by atoms with Gasteiger partial charge in [0.05, 0.1) is 17.3 Å². The topological polar surface area (TPSA) is 64.3 Å². The van der Waals surface area contributed by atoms with E-state index < -0.39 is 0 Å². The first-order valence-corrected chi connectivity index (χ1v) is 9.47. The molecule has 2 aromatic carbocycles. The summed E-state index contributed by atoms with van der Waals surface area (Å²) in [6.07, 6.45) is 1.73. The summed E-state index contributed by atoms with van der Waals surface area (Å²) in [6, 6.07) is 11.9. The Labute approximate surface area is 159 Å². The Morgan fingerprint density at radius 1 is 1.19 bits per heavy atom. The molecule has 0 unspecified atom stereocenters. The number of para-hydroxylation sites is 1. The molecule has 0 bridgehead atoms. The van der Waals surface area contributed by atoms with Crippen molar-refractivity contribution in [2.75, 3.05) is 42.9 Å². The molecule has 1 fully saturated rings. The zero-order chi connectivity index (χ0) is 18.8. The van der Waals surface area contributed by atoms with E-state index in [1.54, 1.807) is 6.20 Å². The van der Waals surface area contributed by atoms with Crippen LogP contribution in [0, 0.1) is 6.92 Å². The van der Waals surface area contributed by atoms with Crippen molar-refractivity contribution in [3.63, 3.8) is 0 Å². The molecule has 4 rings (SSSR count). The summed E-state index contributed by atoms with van der Waals surface area (Å²) in [5.41, 5.74) is 4.49. The van der Waals surface area contributed by atoms with E-state index in [0.29, 0.717) is 5.56 Å². The van der Waals surface area contributed by atoms with Gasteiger partial charge >= 0.3 is 0 Å². The lowest BCUT2D eigenvalue weighted by Gasteiger charge is -2.35. The summed E-state index contributed by atoms with van der Waals surface area (Å²) in [5.74, 6) is -0.128. The Balaban J connectivity index is 1.50. The molecule has 1 aliphatic rings. The molecule has 0 aliphatic carbocycles. The van der Waals surface area contributed by atoms with Crippen LogP contribution in [0.5, 0.6) is 0 Å². The van der Waals surface area contributed by atoms with Crippen molar-refractivity contribution in [3.05, 3.63) is 53.7 Å². The van der Waals surface area contributed by atoms with Gasteiger partial charge in [-0.1, -0.05) is 19.1 Å². The molecule has 3 aromatic rings. The number of fused-ring (bicyclic) bond motifs is 1. The minimum absolute atomic E-state index is 0.128. The van der Waals surface area contributed by atoms with Crippen molar-refractivity contribution in [3.8, 4) is 0 Å². The third-order valence-electron chi connectivity index (χ3n) is 5.36. The van der Waals surface area contributed by atoms with Crippen molar-refractivity contribution in [2.24, 2.45) is 0 Å². The molecular formula is C21H25N5O. The highest BCUT2D eigenvalue weighted by Crippen LogP contribution is 2.25. The maximum Gasteiger partial charge on any atom is 0.257 e. The van der Waals surface area contributed by atoms with Crippen LogP contribution in [0.4, 0.5) is 11.4 Å². The molecule has 0 spiro atoms. The molecule has 6 nitrogen and oxygen atoms in total. The van der Waals surface area contributed by atoms with E-state index in [-0.39, 0.29) is 5.91 Å². The Morgan fingerprint density at radius 2 is 2.00 bits per heavy atom. The summed E-state index contributed by atoms with van der Waals surface area (Å²) in [4.78, 5) is 17.6. The minimum atomic E-state index is -0.128. The molecule has 27 heavy (non-hydrogen) atoms. The zero-order valence-corrected chi connectivity index (χ0v) is 15.8. The maximum atomic E-state index is 12.8. The highest BCUT2D eigenvalue weighted by atomic mass is 16.1. The predicted octanol–water partition coefficient (Wildman–Crippen LogP) is 3.27. The quantitative estimate of drug-likeness (QED) is 0.747. The van der Waals surface area contributed by atoms with Crippen molar-refractivity contribution >= 4 is 28.2 Å². The van der Waals surface area contributed by atoms with Crippen LogP contribution in [0.3, 0.4) is 0 Å². The second-order valence-corrected chi connectivity index (χ2v) is 7.01. The van der Waals surface area contributed by atoms with E-state index in [0.717, 1.165) is 54.9 Å². The number of H-pyrrole nitrogens is 1. The Hall–Kier alpha value is -2.86. The number of nitrogens with zero attached hydrogens (tertiary/aromatic N) is 3. The van der Waals surface area contributed by atoms with Gasteiger partial charge in [-0.15, -0.1) is 0 Å². The van der Waals surface area contributed by atoms with E-state index in [1.165, 1.54) is 5.69 Å². The van der Waals surface area contributed by atoms with Crippen LogP contribution in [0.25, 0.3) is 10.9 Å². The van der Waals surface area contributed by atoms with Gasteiger partial charge < -0.3 is 15.1 Å². The normalized spacial score (nSPS) is 15.3. The molecule has 1 saturated heterocycles. The fraction of sp³-hybridized carbons (Fsp3) is 0.333. The fourth-order valence-corrected chi connectivity index (χ4v) is 3.65. The first-order valence-electron chi connectivity index (χ1n) is 9.47. The van der Waals surface area contributed by atoms with Crippen LogP contribution in [0.15, 0.2) is 42.6 Å². The molecule has 0 radical (unpaired) electrons. The standard InChI is InChI=1S/C21H25N5O/c1-3-25-9-11-26(12-10-25)17-7-8-19(15(2)13-17)23-21(27)18-6-4-5-16-14-22-24-20(16)18/h4-8,13-14H,3,9-12H2,1-2H3,(H,22,24)(H,23,27). The lowest BCUT2D eigenvalue weighted by Crippen LogP contribution is -2.46. The minimum Gasteiger partial charge on any atom is -0.369 e. The number of amides is 1. The van der Waals surface area contributed by atoms with Gasteiger partial charge in [0.2, 0.25) is 0 Å².